The van der Waals surface area contributed by atoms with Crippen LogP contribution in [-0.4, -0.2) is 36.2 Å². The highest BCUT2D eigenvalue weighted by Gasteiger charge is 2.28. The van der Waals surface area contributed by atoms with Gasteiger partial charge in [0, 0.05) is 18.7 Å². The molecular weight excluding hydrogens is 416 g/mol. The van der Waals surface area contributed by atoms with Crippen LogP contribution in [0.4, 0.5) is 0 Å². The molecule has 0 N–H and O–H groups in total. The predicted molar refractivity (Wildman–Crippen MR) is 129 cm³/mol. The van der Waals surface area contributed by atoms with Gasteiger partial charge in [0.05, 0.1) is 23.7 Å². The summed E-state index contributed by atoms with van der Waals surface area (Å²) in [7, 11) is 1.60. The lowest BCUT2D eigenvalue weighted by Gasteiger charge is -2.28. The number of ether oxygens (including phenoxy) is 1. The number of aromatic nitrogens is 6. The van der Waals surface area contributed by atoms with E-state index in [9.17, 15) is 4.79 Å². The third-order valence-corrected chi connectivity index (χ3v) is 6.58. The molecule has 0 bridgehead atoms. The first-order valence-corrected chi connectivity index (χ1v) is 11.5. The lowest BCUT2D eigenvalue weighted by Crippen LogP contribution is -2.32. The first-order valence-electron chi connectivity index (χ1n) is 11.5. The normalized spacial score (nSPS) is 17.9. The fourth-order valence-electron chi connectivity index (χ4n) is 4.65. The summed E-state index contributed by atoms with van der Waals surface area (Å²) in [6.07, 6.45) is 7.99. The Hall–Kier alpha value is -3.42. The lowest BCUT2D eigenvalue weighted by molar-refractivity contribution is 0.241. The molecular formula is C25H32N6O2. The van der Waals surface area contributed by atoms with Crippen molar-refractivity contribution >= 4 is 5.70 Å². The van der Waals surface area contributed by atoms with Crippen LogP contribution in [0.25, 0.3) is 11.4 Å². The van der Waals surface area contributed by atoms with Gasteiger partial charge in [-0.25, -0.2) is 9.48 Å². The van der Waals surface area contributed by atoms with Gasteiger partial charge in [-0.15, -0.1) is 0 Å². The van der Waals surface area contributed by atoms with Crippen molar-refractivity contribution in [1.29, 1.82) is 0 Å². The predicted octanol–water partition coefficient (Wildman–Crippen LogP) is 3.78. The highest BCUT2D eigenvalue weighted by atomic mass is 16.5. The monoisotopic (exact) mass is 448 g/mol. The maximum Gasteiger partial charge on any atom is 0.367 e. The van der Waals surface area contributed by atoms with Crippen molar-refractivity contribution in [3.63, 3.8) is 0 Å². The highest BCUT2D eigenvalue weighted by Crippen LogP contribution is 2.32. The smallest absolute Gasteiger partial charge is 0.367 e. The zero-order chi connectivity index (χ0) is 23.7. The third-order valence-electron chi connectivity index (χ3n) is 6.58. The molecule has 1 aromatic carbocycles. The first kappa shape index (κ1) is 22.8. The van der Waals surface area contributed by atoms with Crippen LogP contribution in [0.15, 0.2) is 41.2 Å². The summed E-state index contributed by atoms with van der Waals surface area (Å²) in [5.74, 6) is 1.07. The Morgan fingerprint density at radius 1 is 1.09 bits per heavy atom. The quantitative estimate of drug-likeness (QED) is 0.550. The third kappa shape index (κ3) is 4.17. The van der Waals surface area contributed by atoms with Gasteiger partial charge in [0.1, 0.15) is 5.75 Å². The zero-order valence-corrected chi connectivity index (χ0v) is 20.2. The second-order valence-electron chi connectivity index (χ2n) is 8.63. The molecule has 0 aliphatic heterocycles. The van der Waals surface area contributed by atoms with E-state index in [0.717, 1.165) is 41.2 Å². The van der Waals surface area contributed by atoms with Crippen molar-refractivity contribution in [3.05, 3.63) is 69.4 Å². The number of hydrogen-bond acceptors (Lipinski definition) is 5. The molecule has 0 fully saturated rings. The SMILES string of the molecule is CCc1c(C)nn(-c2ccc(OCC3C(n4nnn(C)c4=O)=CC=CC3CC)c(C)c2)c1C. The van der Waals surface area contributed by atoms with Crippen LogP contribution >= 0.6 is 0 Å². The summed E-state index contributed by atoms with van der Waals surface area (Å²) in [6, 6.07) is 6.16. The van der Waals surface area contributed by atoms with E-state index in [0.29, 0.717) is 6.61 Å². The zero-order valence-electron chi connectivity index (χ0n) is 20.2. The summed E-state index contributed by atoms with van der Waals surface area (Å²) >= 11 is 0. The molecule has 8 nitrogen and oxygen atoms in total. The van der Waals surface area contributed by atoms with Gasteiger partial charge in [0.25, 0.3) is 0 Å². The van der Waals surface area contributed by atoms with Crippen molar-refractivity contribution in [1.82, 2.24) is 29.6 Å². The molecule has 0 saturated heterocycles. The van der Waals surface area contributed by atoms with E-state index < -0.39 is 0 Å². The maximum atomic E-state index is 12.5. The largest absolute Gasteiger partial charge is 0.493 e. The second-order valence-corrected chi connectivity index (χ2v) is 8.63. The van der Waals surface area contributed by atoms with Crippen LogP contribution in [0.5, 0.6) is 5.75 Å². The molecule has 4 rings (SSSR count). The van der Waals surface area contributed by atoms with E-state index in [-0.39, 0.29) is 17.5 Å². The van der Waals surface area contributed by atoms with Gasteiger partial charge in [-0.3, -0.25) is 0 Å². The molecule has 0 saturated carbocycles. The minimum Gasteiger partial charge on any atom is -0.493 e. The second kappa shape index (κ2) is 9.21. The van der Waals surface area contributed by atoms with Crippen LogP contribution in [0.3, 0.4) is 0 Å². The van der Waals surface area contributed by atoms with E-state index in [1.807, 2.05) is 35.9 Å². The number of tetrazole rings is 1. The topological polar surface area (TPSA) is 79.8 Å². The average Bonchev–Trinajstić information content (AvgIpc) is 3.29. The molecule has 2 heterocycles. The Morgan fingerprint density at radius 3 is 2.48 bits per heavy atom. The summed E-state index contributed by atoms with van der Waals surface area (Å²) in [5, 5.41) is 12.7. The number of benzene rings is 1. The lowest BCUT2D eigenvalue weighted by atomic mass is 9.84. The molecule has 8 heteroatoms. The number of rotatable bonds is 7. The van der Waals surface area contributed by atoms with Crippen LogP contribution < -0.4 is 10.4 Å². The van der Waals surface area contributed by atoms with Gasteiger partial charge in [-0.05, 0) is 85.4 Å². The molecule has 33 heavy (non-hydrogen) atoms. The standard InChI is InChI=1S/C25H32N6O2/c1-7-19-10-9-11-23(31-25(32)29(6)27-28-31)22(19)15-33-24-13-12-20(14-16(24)3)30-18(5)21(8-2)17(4)26-30/h9-14,19,22H,7-8,15H2,1-6H3. The van der Waals surface area contributed by atoms with Crippen LogP contribution in [0.1, 0.15) is 42.8 Å². The van der Waals surface area contributed by atoms with Crippen molar-refractivity contribution in [2.24, 2.45) is 18.9 Å². The Kier molecular flexibility index (Phi) is 6.35. The minimum atomic E-state index is -0.256. The molecule has 1 aliphatic rings. The van der Waals surface area contributed by atoms with Gasteiger partial charge in [0.15, 0.2) is 0 Å². The summed E-state index contributed by atoms with van der Waals surface area (Å²) in [4.78, 5) is 12.5. The fraction of sp³-hybridized carbons (Fsp3) is 0.440. The van der Waals surface area contributed by atoms with E-state index >= 15 is 0 Å². The van der Waals surface area contributed by atoms with Crippen molar-refractivity contribution < 1.29 is 4.74 Å². The van der Waals surface area contributed by atoms with Gasteiger partial charge in [-0.2, -0.15) is 14.5 Å². The molecule has 174 valence electrons. The molecule has 0 spiro atoms. The highest BCUT2D eigenvalue weighted by molar-refractivity contribution is 5.53. The number of nitrogens with zero attached hydrogens (tertiary/aromatic N) is 6. The van der Waals surface area contributed by atoms with Gasteiger partial charge >= 0.3 is 5.69 Å². The molecule has 2 aromatic heterocycles. The number of aryl methyl sites for hydroxylation is 3. The van der Waals surface area contributed by atoms with Crippen LogP contribution in [-0.2, 0) is 13.5 Å². The number of hydrogen-bond donors (Lipinski definition) is 0. The Bertz CT molecular complexity index is 1280. The fourth-order valence-corrected chi connectivity index (χ4v) is 4.65. The van der Waals surface area contributed by atoms with Crippen LogP contribution in [0.2, 0.25) is 0 Å². The van der Waals surface area contributed by atoms with Crippen molar-refractivity contribution in [2.45, 2.75) is 47.5 Å². The van der Waals surface area contributed by atoms with Gasteiger partial charge in [-0.1, -0.05) is 26.0 Å². The summed E-state index contributed by atoms with van der Waals surface area (Å²) in [5.41, 5.74) is 6.16. The van der Waals surface area contributed by atoms with Gasteiger partial charge < -0.3 is 4.74 Å². The average molecular weight is 449 g/mol. The summed E-state index contributed by atoms with van der Waals surface area (Å²) < 4.78 is 10.9. The number of allylic oxidation sites excluding steroid dienone is 3. The first-order chi connectivity index (χ1) is 15.8. The molecule has 3 aromatic rings. The molecule has 0 amide bonds. The molecule has 0 radical (unpaired) electrons. The molecule has 1 aliphatic carbocycles. The molecule has 2 atom stereocenters. The van der Waals surface area contributed by atoms with Crippen molar-refractivity contribution in [2.75, 3.05) is 6.61 Å². The van der Waals surface area contributed by atoms with Crippen molar-refractivity contribution in [3.8, 4) is 11.4 Å². The Labute approximate surface area is 194 Å². The summed E-state index contributed by atoms with van der Waals surface area (Å²) in [6.45, 7) is 11.0. The Morgan fingerprint density at radius 2 is 1.88 bits per heavy atom. The van der Waals surface area contributed by atoms with E-state index in [2.05, 4.69) is 50.3 Å². The van der Waals surface area contributed by atoms with Gasteiger partial charge in [0.2, 0.25) is 0 Å². The van der Waals surface area contributed by atoms with E-state index in [1.165, 1.54) is 20.6 Å². The minimum absolute atomic E-state index is 0.00315. The van der Waals surface area contributed by atoms with E-state index in [1.54, 1.807) is 7.05 Å². The molecule has 2 unspecified atom stereocenters. The van der Waals surface area contributed by atoms with E-state index in [4.69, 9.17) is 9.84 Å². The van der Waals surface area contributed by atoms with Crippen LogP contribution in [0, 0.1) is 32.6 Å². The maximum absolute atomic E-state index is 12.5. The Balaban J connectivity index is 1.57.